The zero-order chi connectivity index (χ0) is 16.8. The Morgan fingerprint density at radius 2 is 1.96 bits per heavy atom. The maximum Gasteiger partial charge on any atom is 0.266 e. The molecule has 5 nitrogen and oxygen atoms in total. The van der Waals surface area contributed by atoms with Crippen molar-refractivity contribution in [3.8, 4) is 0 Å². The monoisotopic (exact) mass is 340 g/mol. The lowest BCUT2D eigenvalue weighted by Gasteiger charge is -2.28. The Morgan fingerprint density at radius 1 is 1.21 bits per heavy atom. The van der Waals surface area contributed by atoms with Gasteiger partial charge in [-0.3, -0.25) is 9.20 Å². The summed E-state index contributed by atoms with van der Waals surface area (Å²) < 4.78 is 2.03. The minimum absolute atomic E-state index is 0.104. The molecule has 0 aliphatic carbocycles. The first kappa shape index (κ1) is 15.3. The molecule has 1 amide bonds. The zero-order valence-corrected chi connectivity index (χ0v) is 14.9. The number of carbonyl (C=O) groups is 1. The quantitative estimate of drug-likeness (QED) is 0.718. The number of aromatic nitrogens is 3. The molecule has 24 heavy (non-hydrogen) atoms. The van der Waals surface area contributed by atoms with Crippen LogP contribution in [0.5, 0.6) is 0 Å². The summed E-state index contributed by atoms with van der Waals surface area (Å²) in [4.78, 5) is 16.6. The number of amides is 1. The largest absolute Gasteiger partial charge is 0.333 e. The molecule has 0 saturated heterocycles. The Kier molecular flexibility index (Phi) is 3.64. The predicted octanol–water partition coefficient (Wildman–Crippen LogP) is 3.42. The van der Waals surface area contributed by atoms with Gasteiger partial charge in [0.25, 0.3) is 5.91 Å². The minimum atomic E-state index is 0.104. The summed E-state index contributed by atoms with van der Waals surface area (Å²) in [5.74, 6) is 1.30. The highest BCUT2D eigenvalue weighted by atomic mass is 32.1. The molecule has 0 radical (unpaired) electrons. The van der Waals surface area contributed by atoms with Crippen molar-refractivity contribution in [3.05, 3.63) is 51.8 Å². The van der Waals surface area contributed by atoms with Crippen LogP contribution >= 0.6 is 11.3 Å². The van der Waals surface area contributed by atoms with Crippen molar-refractivity contribution in [1.29, 1.82) is 0 Å². The molecule has 0 saturated carbocycles. The molecule has 1 aliphatic heterocycles. The first-order valence-corrected chi connectivity index (χ1v) is 9.08. The summed E-state index contributed by atoms with van der Waals surface area (Å²) in [7, 11) is 0. The number of fused-ring (bicyclic) bond motifs is 2. The van der Waals surface area contributed by atoms with Gasteiger partial charge in [-0.25, -0.2) is 0 Å². The maximum absolute atomic E-state index is 13.1. The molecule has 0 fully saturated rings. The van der Waals surface area contributed by atoms with Crippen LogP contribution in [0, 0.1) is 6.92 Å². The number of thiazole rings is 1. The summed E-state index contributed by atoms with van der Waals surface area (Å²) in [6.07, 6.45) is 0.919. The molecule has 0 N–H and O–H groups in total. The highest BCUT2D eigenvalue weighted by Gasteiger charge is 2.27. The van der Waals surface area contributed by atoms with Crippen molar-refractivity contribution in [2.24, 2.45) is 0 Å². The van der Waals surface area contributed by atoms with Crippen molar-refractivity contribution >= 4 is 22.2 Å². The smallest absolute Gasteiger partial charge is 0.266 e. The molecule has 4 rings (SSSR count). The molecular weight excluding hydrogens is 320 g/mol. The van der Waals surface area contributed by atoms with Gasteiger partial charge in [0.2, 0.25) is 4.96 Å². The number of rotatable bonds is 2. The van der Waals surface area contributed by atoms with E-state index in [-0.39, 0.29) is 11.8 Å². The number of carbonyl (C=O) groups excluding carboxylic acids is 1. The van der Waals surface area contributed by atoms with E-state index < -0.39 is 0 Å². The van der Waals surface area contributed by atoms with Crippen molar-refractivity contribution in [2.45, 2.75) is 39.7 Å². The second-order valence-corrected chi connectivity index (χ2v) is 7.57. The number of aryl methyl sites for hydroxylation is 1. The average molecular weight is 340 g/mol. The molecule has 1 aromatic carbocycles. The minimum Gasteiger partial charge on any atom is -0.333 e. The van der Waals surface area contributed by atoms with E-state index in [4.69, 9.17) is 0 Å². The third-order valence-corrected chi connectivity index (χ3v) is 5.77. The topological polar surface area (TPSA) is 50.5 Å². The number of benzene rings is 1. The molecule has 0 spiro atoms. The van der Waals surface area contributed by atoms with Gasteiger partial charge in [0.15, 0.2) is 0 Å². The van der Waals surface area contributed by atoms with Crippen molar-refractivity contribution in [2.75, 3.05) is 6.54 Å². The highest BCUT2D eigenvalue weighted by Crippen LogP contribution is 2.28. The van der Waals surface area contributed by atoms with Gasteiger partial charge in [0.05, 0.1) is 0 Å². The molecule has 0 atom stereocenters. The maximum atomic E-state index is 13.1. The molecule has 124 valence electrons. The standard InChI is InChI=1S/C18H20N4OS/c1-11(2)16-19-20-18-22(16)12(3)15(24-18)17(23)21-9-8-13-6-4-5-7-14(13)10-21/h4-7,11H,8-10H2,1-3H3. The van der Waals surface area contributed by atoms with Crippen molar-refractivity contribution in [3.63, 3.8) is 0 Å². The van der Waals surface area contributed by atoms with Gasteiger partial charge in [-0.05, 0) is 24.5 Å². The number of hydrogen-bond donors (Lipinski definition) is 0. The molecule has 0 unspecified atom stereocenters. The van der Waals surface area contributed by atoms with E-state index in [1.807, 2.05) is 22.3 Å². The summed E-state index contributed by atoms with van der Waals surface area (Å²) in [5.41, 5.74) is 3.55. The molecule has 6 heteroatoms. The fourth-order valence-electron chi connectivity index (χ4n) is 3.31. The van der Waals surface area contributed by atoms with Crippen molar-refractivity contribution < 1.29 is 4.79 Å². The van der Waals surface area contributed by atoms with Gasteiger partial charge < -0.3 is 4.90 Å². The fraction of sp³-hybridized carbons (Fsp3) is 0.389. The Balaban J connectivity index is 1.68. The van der Waals surface area contributed by atoms with Crippen molar-refractivity contribution in [1.82, 2.24) is 19.5 Å². The SMILES string of the molecule is Cc1c(C(=O)N2CCc3ccccc3C2)sc2nnc(C(C)C)n12. The van der Waals surface area contributed by atoms with Crippen LogP contribution in [0.15, 0.2) is 24.3 Å². The highest BCUT2D eigenvalue weighted by molar-refractivity contribution is 7.19. The molecule has 0 bridgehead atoms. The van der Waals surface area contributed by atoms with Crippen LogP contribution in [-0.4, -0.2) is 31.9 Å². The van der Waals surface area contributed by atoms with E-state index in [1.54, 1.807) is 0 Å². The van der Waals surface area contributed by atoms with Crippen LogP contribution in [0.25, 0.3) is 4.96 Å². The van der Waals surface area contributed by atoms with E-state index >= 15 is 0 Å². The first-order chi connectivity index (χ1) is 11.6. The Bertz CT molecular complexity index is 924. The molecule has 3 aromatic rings. The number of nitrogens with zero attached hydrogens (tertiary/aromatic N) is 4. The lowest BCUT2D eigenvalue weighted by molar-refractivity contribution is 0.0738. The molecule has 2 aromatic heterocycles. The Morgan fingerprint density at radius 3 is 2.71 bits per heavy atom. The van der Waals surface area contributed by atoms with Crippen LogP contribution in [-0.2, 0) is 13.0 Å². The van der Waals surface area contributed by atoms with Gasteiger partial charge in [0, 0.05) is 24.7 Å². The van der Waals surface area contributed by atoms with Crippen LogP contribution in [0.3, 0.4) is 0 Å². The summed E-state index contributed by atoms with van der Waals surface area (Å²) in [5, 5.41) is 8.50. The van der Waals surface area contributed by atoms with Gasteiger partial charge >= 0.3 is 0 Å². The zero-order valence-electron chi connectivity index (χ0n) is 14.1. The summed E-state index contributed by atoms with van der Waals surface area (Å²) in [6.45, 7) is 7.63. The Hall–Kier alpha value is -2.21. The third kappa shape index (κ3) is 2.33. The van der Waals surface area contributed by atoms with E-state index in [1.165, 1.54) is 22.5 Å². The van der Waals surface area contributed by atoms with Gasteiger partial charge in [-0.1, -0.05) is 49.4 Å². The fourth-order valence-corrected chi connectivity index (χ4v) is 4.36. The third-order valence-electron chi connectivity index (χ3n) is 4.64. The summed E-state index contributed by atoms with van der Waals surface area (Å²) in [6, 6.07) is 8.37. The van der Waals surface area contributed by atoms with Gasteiger partial charge in [-0.15, -0.1) is 10.2 Å². The number of hydrogen-bond acceptors (Lipinski definition) is 4. The van der Waals surface area contributed by atoms with E-state index in [9.17, 15) is 4.79 Å². The second kappa shape index (κ2) is 5.70. The predicted molar refractivity (Wildman–Crippen MR) is 94.6 cm³/mol. The first-order valence-electron chi connectivity index (χ1n) is 8.26. The molecule has 1 aliphatic rings. The van der Waals surface area contributed by atoms with E-state index in [0.717, 1.165) is 34.3 Å². The molecular formula is C18H20N4OS. The second-order valence-electron chi connectivity index (χ2n) is 6.59. The van der Waals surface area contributed by atoms with Crippen LogP contribution < -0.4 is 0 Å². The average Bonchev–Trinajstić information content (AvgIpc) is 3.14. The van der Waals surface area contributed by atoms with Gasteiger partial charge in [-0.2, -0.15) is 0 Å². The van der Waals surface area contributed by atoms with Crippen LogP contribution in [0.2, 0.25) is 0 Å². The van der Waals surface area contributed by atoms with Gasteiger partial charge in [0.1, 0.15) is 10.7 Å². The van der Waals surface area contributed by atoms with E-state index in [2.05, 4.69) is 42.2 Å². The van der Waals surface area contributed by atoms with Crippen LogP contribution in [0.4, 0.5) is 0 Å². The summed E-state index contributed by atoms with van der Waals surface area (Å²) >= 11 is 1.44. The Labute approximate surface area is 144 Å². The van der Waals surface area contributed by atoms with E-state index in [0.29, 0.717) is 6.54 Å². The molecule has 3 heterocycles. The normalized spacial score (nSPS) is 14.4. The van der Waals surface area contributed by atoms with Crippen LogP contribution in [0.1, 0.15) is 52.1 Å². The lowest BCUT2D eigenvalue weighted by atomic mass is 10.00. The lowest BCUT2D eigenvalue weighted by Crippen LogP contribution is -2.35.